The van der Waals surface area contributed by atoms with Crippen molar-refractivity contribution in [2.24, 2.45) is 0 Å². The first-order valence-electron chi connectivity index (χ1n) is 10.9. The third kappa shape index (κ3) is 4.52. The van der Waals surface area contributed by atoms with Gasteiger partial charge in [0.2, 0.25) is 0 Å². The first-order valence-corrected chi connectivity index (χ1v) is 10.9. The minimum absolute atomic E-state index is 0.0234. The molecule has 0 radical (unpaired) electrons. The van der Waals surface area contributed by atoms with Crippen molar-refractivity contribution < 1.29 is 23.8 Å². The third-order valence-corrected chi connectivity index (χ3v) is 5.30. The summed E-state index contributed by atoms with van der Waals surface area (Å²) in [5, 5.41) is 29.6. The highest BCUT2D eigenvalue weighted by molar-refractivity contribution is 6.05. The molecule has 0 saturated carbocycles. The third-order valence-electron chi connectivity index (χ3n) is 5.30. The van der Waals surface area contributed by atoms with E-state index in [1.807, 2.05) is 6.92 Å². The van der Waals surface area contributed by atoms with Crippen molar-refractivity contribution in [3.63, 3.8) is 0 Å². The van der Waals surface area contributed by atoms with Gasteiger partial charge < -0.3 is 20.5 Å². The van der Waals surface area contributed by atoms with Gasteiger partial charge in [0.15, 0.2) is 0 Å². The molecule has 4 rings (SSSR count). The second kappa shape index (κ2) is 9.99. The van der Waals surface area contributed by atoms with Gasteiger partial charge in [0.1, 0.15) is 0 Å². The van der Waals surface area contributed by atoms with Gasteiger partial charge in [0, 0.05) is 17.8 Å². The fraction of sp³-hybridized carbons (Fsp3) is 0.154. The molecule has 0 saturated heterocycles. The Kier molecular flexibility index (Phi) is 6.68. The average molecular weight is 457 g/mol. The number of aromatic nitrogens is 2. The summed E-state index contributed by atoms with van der Waals surface area (Å²) >= 11 is 0. The van der Waals surface area contributed by atoms with Crippen LogP contribution in [0.25, 0.3) is 22.3 Å². The van der Waals surface area contributed by atoms with Crippen molar-refractivity contribution in [1.29, 1.82) is 0 Å². The molecule has 0 atom stereocenters. The van der Waals surface area contributed by atoms with E-state index in [1.165, 1.54) is 18.2 Å². The van der Waals surface area contributed by atoms with Crippen LogP contribution < -0.4 is 14.8 Å². The maximum absolute atomic E-state index is 13.5. The number of rotatable bonds is 7. The molecule has 0 aliphatic rings. The van der Waals surface area contributed by atoms with Gasteiger partial charge in [0.05, 0.1) is 17.7 Å². The molecule has 34 heavy (non-hydrogen) atoms. The lowest BCUT2D eigenvalue weighted by Gasteiger charge is -2.14. The van der Waals surface area contributed by atoms with Gasteiger partial charge in [-0.2, -0.15) is 4.73 Å². The average Bonchev–Trinajstić information content (AvgIpc) is 2.86. The van der Waals surface area contributed by atoms with Crippen molar-refractivity contribution in [3.8, 4) is 11.3 Å². The molecule has 172 valence electrons. The Morgan fingerprint density at radius 3 is 2.24 bits per heavy atom. The van der Waals surface area contributed by atoms with Crippen LogP contribution in [0, 0.1) is 10.4 Å². The summed E-state index contributed by atoms with van der Waals surface area (Å²) in [4.78, 5) is 25.7. The van der Waals surface area contributed by atoms with Gasteiger partial charge in [-0.15, -0.1) is 4.73 Å². The zero-order valence-corrected chi connectivity index (χ0v) is 18.6. The number of unbranched alkanes of at least 4 members (excludes halogenated alkanes) is 1. The molecule has 8 heteroatoms. The number of anilines is 1. The zero-order valence-electron chi connectivity index (χ0n) is 18.6. The number of esters is 1. The lowest BCUT2D eigenvalue weighted by atomic mass is 10.1. The molecule has 1 aromatic heterocycles. The van der Waals surface area contributed by atoms with Crippen molar-refractivity contribution >= 4 is 28.6 Å². The molecule has 0 aliphatic carbocycles. The number of fused-ring (bicyclic) bond motifs is 1. The Labute approximate surface area is 196 Å². The highest BCUT2D eigenvalue weighted by atomic mass is 16.5. The van der Waals surface area contributed by atoms with Crippen molar-refractivity contribution in [2.75, 3.05) is 11.9 Å². The van der Waals surface area contributed by atoms with E-state index >= 15 is 0 Å². The van der Waals surface area contributed by atoms with Crippen LogP contribution in [-0.2, 0) is 4.74 Å². The van der Waals surface area contributed by atoms with Gasteiger partial charge in [-0.05, 0) is 36.8 Å². The predicted octanol–water partition coefficient (Wildman–Crippen LogP) is 3.98. The number of benzene rings is 3. The summed E-state index contributed by atoms with van der Waals surface area (Å²) in [7, 11) is 0. The molecule has 8 nitrogen and oxygen atoms in total. The van der Waals surface area contributed by atoms with E-state index in [0.717, 1.165) is 6.42 Å². The number of para-hydroxylation sites is 1. The summed E-state index contributed by atoms with van der Waals surface area (Å²) in [6.07, 6.45) is 1.58. The van der Waals surface area contributed by atoms with Crippen LogP contribution in [0.2, 0.25) is 0 Å². The number of amides is 1. The Hall–Kier alpha value is -4.46. The van der Waals surface area contributed by atoms with Crippen LogP contribution >= 0.6 is 0 Å². The summed E-state index contributed by atoms with van der Waals surface area (Å²) in [6, 6.07) is 21.2. The van der Waals surface area contributed by atoms with Gasteiger partial charge in [-0.25, -0.2) is 4.79 Å². The molecule has 0 aliphatic heterocycles. The summed E-state index contributed by atoms with van der Waals surface area (Å²) in [5.74, 6) is -1.35. The van der Waals surface area contributed by atoms with Crippen LogP contribution in [0.3, 0.4) is 0 Å². The maximum atomic E-state index is 13.5. The zero-order chi connectivity index (χ0) is 24.1. The first kappa shape index (κ1) is 22.7. The topological polar surface area (TPSA) is 109 Å². The second-order valence-corrected chi connectivity index (χ2v) is 7.67. The van der Waals surface area contributed by atoms with Crippen LogP contribution in [-0.4, -0.2) is 18.5 Å². The lowest BCUT2D eigenvalue weighted by Crippen LogP contribution is -2.47. The molecular formula is C26H23N3O5. The smallest absolute Gasteiger partial charge is 0.356 e. The lowest BCUT2D eigenvalue weighted by molar-refractivity contribution is -0.622. The first-order chi connectivity index (χ1) is 16.5. The molecular weight excluding hydrogens is 434 g/mol. The maximum Gasteiger partial charge on any atom is 0.356 e. The molecule has 0 fully saturated rings. The van der Waals surface area contributed by atoms with Gasteiger partial charge in [-0.1, -0.05) is 49.7 Å². The van der Waals surface area contributed by atoms with Crippen LogP contribution in [0.5, 0.6) is 0 Å². The molecule has 1 N–H and O–H groups in total. The minimum Gasteiger partial charge on any atom is -0.617 e. The Morgan fingerprint density at radius 1 is 0.882 bits per heavy atom. The molecule has 1 heterocycles. The quantitative estimate of drug-likeness (QED) is 0.195. The number of ether oxygens (including phenoxy) is 1. The van der Waals surface area contributed by atoms with Crippen LogP contribution in [0.4, 0.5) is 5.69 Å². The fourth-order valence-electron chi connectivity index (χ4n) is 3.57. The van der Waals surface area contributed by atoms with Gasteiger partial charge in [0.25, 0.3) is 11.0 Å². The van der Waals surface area contributed by atoms with Gasteiger partial charge >= 0.3 is 23.3 Å². The highest BCUT2D eigenvalue weighted by Gasteiger charge is 2.35. The Bertz CT molecular complexity index is 1340. The molecule has 3 aromatic carbocycles. The summed E-state index contributed by atoms with van der Waals surface area (Å²) in [6.45, 7) is 2.23. The van der Waals surface area contributed by atoms with Crippen LogP contribution in [0.1, 0.15) is 40.6 Å². The van der Waals surface area contributed by atoms with E-state index in [0.29, 0.717) is 27.1 Å². The monoisotopic (exact) mass is 457 g/mol. The van der Waals surface area contributed by atoms with E-state index in [4.69, 9.17) is 4.74 Å². The van der Waals surface area contributed by atoms with E-state index in [-0.39, 0.29) is 34.6 Å². The SMILES string of the molecule is CCCCOC(=O)c1ccc2c(c1)[n+]([O-])c(C(=O)Nc1ccccc1)c(-c1ccccc1)[n+]2[O-]. The number of carbonyl (C=O) groups is 2. The Morgan fingerprint density at radius 2 is 1.56 bits per heavy atom. The fourth-order valence-corrected chi connectivity index (χ4v) is 3.57. The van der Waals surface area contributed by atoms with E-state index in [2.05, 4.69) is 5.32 Å². The van der Waals surface area contributed by atoms with Gasteiger partial charge in [-0.3, -0.25) is 4.79 Å². The van der Waals surface area contributed by atoms with Crippen molar-refractivity contribution in [1.82, 2.24) is 0 Å². The number of nitrogens with zero attached hydrogens (tertiary/aromatic N) is 2. The summed E-state index contributed by atoms with van der Waals surface area (Å²) in [5.41, 5.74) is 0.439. The largest absolute Gasteiger partial charge is 0.617 e. The second-order valence-electron chi connectivity index (χ2n) is 7.67. The van der Waals surface area contributed by atoms with E-state index in [9.17, 15) is 20.0 Å². The van der Waals surface area contributed by atoms with E-state index in [1.54, 1.807) is 60.7 Å². The number of carbonyl (C=O) groups excluding carboxylic acids is 2. The van der Waals surface area contributed by atoms with Crippen molar-refractivity contribution in [3.05, 3.63) is 101 Å². The van der Waals surface area contributed by atoms with Crippen LogP contribution in [0.15, 0.2) is 78.9 Å². The molecule has 1 amide bonds. The highest BCUT2D eigenvalue weighted by Crippen LogP contribution is 2.22. The number of nitrogens with one attached hydrogen (secondary N) is 1. The Balaban J connectivity index is 1.88. The molecule has 0 spiro atoms. The normalized spacial score (nSPS) is 10.7. The standard InChI is InChI=1S/C26H23N3O5/c1-2-3-16-34-26(31)19-14-15-21-22(17-19)29(33)24(25(30)27-20-12-8-5-9-13-20)23(28(21)32)18-10-6-4-7-11-18/h4-15,17H,2-3,16H2,1H3,(H,27,30). The summed E-state index contributed by atoms with van der Waals surface area (Å²) < 4.78 is 6.17. The minimum atomic E-state index is -0.748. The predicted molar refractivity (Wildman–Crippen MR) is 127 cm³/mol. The molecule has 4 aromatic rings. The number of hydrogen-bond donors (Lipinski definition) is 1. The number of hydrogen-bond acceptors (Lipinski definition) is 5. The van der Waals surface area contributed by atoms with Crippen molar-refractivity contribution in [2.45, 2.75) is 19.8 Å². The molecule has 0 unspecified atom stereocenters. The van der Waals surface area contributed by atoms with E-state index < -0.39 is 11.9 Å². The molecule has 0 bridgehead atoms.